The van der Waals surface area contributed by atoms with Crippen molar-refractivity contribution in [3.63, 3.8) is 0 Å². The Labute approximate surface area is 128 Å². The second kappa shape index (κ2) is 7.39. The number of rotatable bonds is 7. The van der Waals surface area contributed by atoms with Crippen molar-refractivity contribution in [2.24, 2.45) is 5.92 Å². The maximum Gasteiger partial charge on any atom is 0.306 e. The molecule has 1 unspecified atom stereocenters. The lowest BCUT2D eigenvalue weighted by atomic mass is 10.00. The van der Waals surface area contributed by atoms with Crippen molar-refractivity contribution in [2.45, 2.75) is 33.2 Å². The maximum atomic E-state index is 11.0. The number of aromatic nitrogens is 5. The van der Waals surface area contributed by atoms with E-state index < -0.39 is 11.9 Å². The van der Waals surface area contributed by atoms with Crippen LogP contribution in [0.3, 0.4) is 0 Å². The number of hydrogen-bond acceptors (Lipinski definition) is 7. The van der Waals surface area contributed by atoms with E-state index in [1.807, 2.05) is 19.1 Å². The first kappa shape index (κ1) is 15.7. The molecule has 0 saturated heterocycles. The zero-order valence-electron chi connectivity index (χ0n) is 12.5. The standard InChI is InChI=1S/C14H18N6O2/c1-3-11(13(21)22)6-12-5-4-10(7-15-12)8-16-14-19-17-9(2)18-20-14/h4-5,7,11H,3,6,8H2,1-2H3,(H,21,22)(H,16,19,20). The van der Waals surface area contributed by atoms with Gasteiger partial charge < -0.3 is 10.4 Å². The number of pyridine rings is 1. The molecule has 0 bridgehead atoms. The second-order valence-electron chi connectivity index (χ2n) is 4.93. The van der Waals surface area contributed by atoms with E-state index >= 15 is 0 Å². The largest absolute Gasteiger partial charge is 0.481 e. The van der Waals surface area contributed by atoms with Crippen LogP contribution in [0.4, 0.5) is 5.95 Å². The van der Waals surface area contributed by atoms with Crippen LogP contribution in [-0.2, 0) is 17.8 Å². The van der Waals surface area contributed by atoms with Gasteiger partial charge in [-0.15, -0.1) is 20.4 Å². The van der Waals surface area contributed by atoms with Crippen molar-refractivity contribution < 1.29 is 9.90 Å². The number of aliphatic carboxylic acids is 1. The molecule has 116 valence electrons. The van der Waals surface area contributed by atoms with Gasteiger partial charge in [0.05, 0.1) is 5.92 Å². The quantitative estimate of drug-likeness (QED) is 0.785. The average molecular weight is 302 g/mol. The zero-order valence-corrected chi connectivity index (χ0v) is 12.5. The highest BCUT2D eigenvalue weighted by molar-refractivity contribution is 5.70. The first-order valence-corrected chi connectivity index (χ1v) is 7.03. The molecule has 0 saturated carbocycles. The van der Waals surface area contributed by atoms with Gasteiger partial charge in [0.15, 0.2) is 5.82 Å². The van der Waals surface area contributed by atoms with E-state index in [1.165, 1.54) is 0 Å². The van der Waals surface area contributed by atoms with Crippen LogP contribution >= 0.6 is 0 Å². The van der Waals surface area contributed by atoms with Crippen LogP contribution in [0.2, 0.25) is 0 Å². The third-order valence-corrected chi connectivity index (χ3v) is 3.21. The summed E-state index contributed by atoms with van der Waals surface area (Å²) in [5.41, 5.74) is 1.71. The molecule has 0 radical (unpaired) electrons. The Morgan fingerprint density at radius 2 is 2.00 bits per heavy atom. The van der Waals surface area contributed by atoms with E-state index in [4.69, 9.17) is 5.11 Å². The van der Waals surface area contributed by atoms with Crippen molar-refractivity contribution in [2.75, 3.05) is 5.32 Å². The Morgan fingerprint density at radius 1 is 1.27 bits per heavy atom. The fraction of sp³-hybridized carbons (Fsp3) is 0.429. The molecule has 2 aromatic heterocycles. The number of carboxylic acid groups (broad SMARTS) is 1. The Balaban J connectivity index is 1.91. The van der Waals surface area contributed by atoms with Gasteiger partial charge in [-0.05, 0) is 25.0 Å². The topological polar surface area (TPSA) is 114 Å². The Morgan fingerprint density at radius 3 is 2.55 bits per heavy atom. The number of carbonyl (C=O) groups is 1. The van der Waals surface area contributed by atoms with Gasteiger partial charge in [-0.3, -0.25) is 9.78 Å². The van der Waals surface area contributed by atoms with Gasteiger partial charge in [-0.2, -0.15) is 0 Å². The first-order chi connectivity index (χ1) is 10.6. The third-order valence-electron chi connectivity index (χ3n) is 3.21. The second-order valence-corrected chi connectivity index (χ2v) is 4.93. The van der Waals surface area contributed by atoms with E-state index in [0.717, 1.165) is 11.3 Å². The number of nitrogens with zero attached hydrogens (tertiary/aromatic N) is 5. The molecule has 2 rings (SSSR count). The number of carboxylic acids is 1. The molecule has 2 N–H and O–H groups in total. The number of anilines is 1. The molecule has 0 spiro atoms. The van der Waals surface area contributed by atoms with Crippen LogP contribution < -0.4 is 5.32 Å². The van der Waals surface area contributed by atoms with Gasteiger partial charge in [-0.1, -0.05) is 13.0 Å². The van der Waals surface area contributed by atoms with Crippen molar-refractivity contribution in [3.05, 3.63) is 35.4 Å². The van der Waals surface area contributed by atoms with Gasteiger partial charge >= 0.3 is 5.97 Å². The molecule has 0 aliphatic rings. The van der Waals surface area contributed by atoms with E-state index in [-0.39, 0.29) is 0 Å². The Hall–Kier alpha value is -2.64. The Bertz CT molecular complexity index is 614. The summed E-state index contributed by atoms with van der Waals surface area (Å²) >= 11 is 0. The lowest BCUT2D eigenvalue weighted by Crippen LogP contribution is -2.16. The average Bonchev–Trinajstić information content (AvgIpc) is 2.53. The SMILES string of the molecule is CCC(Cc1ccc(CNc2nnc(C)nn2)cn1)C(=O)O. The van der Waals surface area contributed by atoms with E-state index in [9.17, 15) is 4.79 Å². The lowest BCUT2D eigenvalue weighted by Gasteiger charge is -2.09. The van der Waals surface area contributed by atoms with Crippen molar-refractivity contribution in [3.8, 4) is 0 Å². The normalized spacial score (nSPS) is 11.9. The first-order valence-electron chi connectivity index (χ1n) is 7.03. The van der Waals surface area contributed by atoms with E-state index in [2.05, 4.69) is 30.7 Å². The Kier molecular flexibility index (Phi) is 5.29. The maximum absolute atomic E-state index is 11.0. The molecule has 2 heterocycles. The molecule has 0 amide bonds. The monoisotopic (exact) mass is 302 g/mol. The predicted octanol–water partition coefficient (Wildman–Crippen LogP) is 1.24. The van der Waals surface area contributed by atoms with Crippen LogP contribution in [0, 0.1) is 12.8 Å². The van der Waals surface area contributed by atoms with Gasteiger partial charge in [0, 0.05) is 24.9 Å². The van der Waals surface area contributed by atoms with Gasteiger partial charge in [0.1, 0.15) is 0 Å². The highest BCUT2D eigenvalue weighted by atomic mass is 16.4. The van der Waals surface area contributed by atoms with Crippen LogP contribution in [0.5, 0.6) is 0 Å². The molecule has 8 heteroatoms. The summed E-state index contributed by atoms with van der Waals surface area (Å²) in [5, 5.41) is 27.4. The summed E-state index contributed by atoms with van der Waals surface area (Å²) in [4.78, 5) is 15.3. The highest BCUT2D eigenvalue weighted by Gasteiger charge is 2.16. The van der Waals surface area contributed by atoms with Crippen molar-refractivity contribution in [1.29, 1.82) is 0 Å². The molecule has 0 aliphatic carbocycles. The van der Waals surface area contributed by atoms with E-state index in [0.29, 0.717) is 31.2 Å². The number of nitrogens with one attached hydrogen (secondary N) is 1. The number of hydrogen-bond donors (Lipinski definition) is 2. The third kappa shape index (κ3) is 4.44. The molecule has 0 fully saturated rings. The fourth-order valence-electron chi connectivity index (χ4n) is 1.87. The molecular weight excluding hydrogens is 284 g/mol. The highest BCUT2D eigenvalue weighted by Crippen LogP contribution is 2.11. The van der Waals surface area contributed by atoms with Gasteiger partial charge in [0.25, 0.3) is 5.95 Å². The predicted molar refractivity (Wildman–Crippen MR) is 79.0 cm³/mol. The molecule has 8 nitrogen and oxygen atoms in total. The molecule has 22 heavy (non-hydrogen) atoms. The van der Waals surface area contributed by atoms with Crippen LogP contribution in [0.1, 0.15) is 30.4 Å². The molecule has 0 aromatic carbocycles. The molecular formula is C14H18N6O2. The minimum absolute atomic E-state index is 0.353. The minimum atomic E-state index is -0.786. The summed E-state index contributed by atoms with van der Waals surface area (Å²) in [7, 11) is 0. The summed E-state index contributed by atoms with van der Waals surface area (Å²) in [6, 6.07) is 3.74. The molecule has 2 aromatic rings. The van der Waals surface area contributed by atoms with Crippen LogP contribution in [0.15, 0.2) is 18.3 Å². The van der Waals surface area contributed by atoms with Gasteiger partial charge in [-0.25, -0.2) is 0 Å². The smallest absolute Gasteiger partial charge is 0.306 e. The molecule has 0 aliphatic heterocycles. The van der Waals surface area contributed by atoms with Crippen molar-refractivity contribution in [1.82, 2.24) is 25.4 Å². The fourth-order valence-corrected chi connectivity index (χ4v) is 1.87. The number of aryl methyl sites for hydroxylation is 1. The summed E-state index contributed by atoms with van der Waals surface area (Å²) < 4.78 is 0. The summed E-state index contributed by atoms with van der Waals surface area (Å²) in [6.45, 7) is 4.07. The van der Waals surface area contributed by atoms with Crippen LogP contribution in [0.25, 0.3) is 0 Å². The van der Waals surface area contributed by atoms with Crippen molar-refractivity contribution >= 4 is 11.9 Å². The van der Waals surface area contributed by atoms with Gasteiger partial charge in [0.2, 0.25) is 0 Å². The van der Waals surface area contributed by atoms with Crippen LogP contribution in [-0.4, -0.2) is 36.5 Å². The zero-order chi connectivity index (χ0) is 15.9. The minimum Gasteiger partial charge on any atom is -0.481 e. The summed E-state index contributed by atoms with van der Waals surface area (Å²) in [6.07, 6.45) is 2.74. The molecule has 1 atom stereocenters. The lowest BCUT2D eigenvalue weighted by molar-refractivity contribution is -0.141. The summed E-state index contributed by atoms with van der Waals surface area (Å²) in [5.74, 6) is -0.312. The van der Waals surface area contributed by atoms with E-state index in [1.54, 1.807) is 13.1 Å².